The molecule has 6 heteroatoms. The smallest absolute Gasteiger partial charge is 0.285 e. The lowest BCUT2D eigenvalue weighted by Crippen LogP contribution is -2.17. The second kappa shape index (κ2) is 6.07. The van der Waals surface area contributed by atoms with Crippen LogP contribution in [-0.4, -0.2) is 30.4 Å². The summed E-state index contributed by atoms with van der Waals surface area (Å²) in [6.45, 7) is 0. The summed E-state index contributed by atoms with van der Waals surface area (Å²) in [5, 5.41) is 16.3. The third-order valence-corrected chi connectivity index (χ3v) is 2.58. The van der Waals surface area contributed by atoms with Gasteiger partial charge in [0.25, 0.3) is 11.6 Å². The van der Waals surface area contributed by atoms with Crippen LogP contribution in [0.25, 0.3) is 0 Å². The molecule has 0 heterocycles. The monoisotopic (exact) mass is 265 g/mol. The number of hydrogen-bond acceptors (Lipinski definition) is 3. The molecule has 0 unspecified atom stereocenters. The number of carbonyl (C=O) groups is 1. The van der Waals surface area contributed by atoms with Gasteiger partial charge < -0.3 is 5.32 Å². The number of nitro groups is 1. The van der Waals surface area contributed by atoms with Crippen molar-refractivity contribution in [1.29, 1.82) is 0 Å². The summed E-state index contributed by atoms with van der Waals surface area (Å²) in [6.07, 6.45) is 3.86. The fourth-order valence-corrected chi connectivity index (χ4v) is 1.55. The summed E-state index contributed by atoms with van der Waals surface area (Å²) < 4.78 is 0. The molecule has 0 aliphatic carbocycles. The lowest BCUT2D eigenvalue weighted by Gasteiger charge is -2.00. The Morgan fingerprint density at radius 3 is 2.61 bits per heavy atom. The van der Waals surface area contributed by atoms with Crippen LogP contribution in [0.3, 0.4) is 0 Å². The van der Waals surface area contributed by atoms with Gasteiger partial charge in [-0.3, -0.25) is 14.9 Å². The highest BCUT2D eigenvalue weighted by Crippen LogP contribution is 2.19. The number of rotatable bonds is 2. The maximum atomic E-state index is 11.4. The molecule has 0 bridgehead atoms. The van der Waals surface area contributed by atoms with E-state index in [0.29, 0.717) is 5.56 Å². The van der Waals surface area contributed by atoms with Crippen LogP contribution in [0, 0.1) is 21.3 Å². The summed E-state index contributed by atoms with van der Waals surface area (Å²) in [5.74, 6) is 2.41. The van der Waals surface area contributed by atoms with Gasteiger partial charge in [-0.1, -0.05) is 0 Å². The standard InChI is InChI=1S/C12H12N2O3S/c1-13-12(15)10-5-4-9(6-7-18(2)3)11(8-10)14(16)17/h4-5,8H,1-3H3/p+1. The summed E-state index contributed by atoms with van der Waals surface area (Å²) in [4.78, 5) is 21.8. The van der Waals surface area contributed by atoms with Gasteiger partial charge in [0.1, 0.15) is 18.1 Å². The SMILES string of the molecule is CNC(=O)c1ccc(C#C[S+](C)C)c([N+](=O)[O-])c1. The van der Waals surface area contributed by atoms with E-state index in [1.165, 1.54) is 25.2 Å². The number of hydrogen-bond donors (Lipinski definition) is 1. The minimum absolute atomic E-state index is 0.116. The number of nitrogens with one attached hydrogen (secondary N) is 1. The molecule has 0 aromatic heterocycles. The van der Waals surface area contributed by atoms with Crippen molar-refractivity contribution in [3.8, 4) is 11.2 Å². The summed E-state index contributed by atoms with van der Waals surface area (Å²) in [6, 6.07) is 4.27. The molecule has 18 heavy (non-hydrogen) atoms. The molecule has 0 aliphatic rings. The molecule has 0 spiro atoms. The van der Waals surface area contributed by atoms with Gasteiger partial charge in [0.2, 0.25) is 0 Å². The predicted octanol–water partition coefficient (Wildman–Crippen LogP) is 1.14. The van der Waals surface area contributed by atoms with Crippen LogP contribution < -0.4 is 5.32 Å². The predicted molar refractivity (Wildman–Crippen MR) is 72.6 cm³/mol. The van der Waals surface area contributed by atoms with Crippen molar-refractivity contribution in [1.82, 2.24) is 5.32 Å². The van der Waals surface area contributed by atoms with Crippen LogP contribution in [-0.2, 0) is 10.9 Å². The Balaban J connectivity index is 3.26. The zero-order valence-electron chi connectivity index (χ0n) is 10.3. The largest absolute Gasteiger partial charge is 0.355 e. The molecule has 0 fully saturated rings. The van der Waals surface area contributed by atoms with E-state index in [1.54, 1.807) is 0 Å². The molecule has 1 rings (SSSR count). The van der Waals surface area contributed by atoms with Gasteiger partial charge in [0.15, 0.2) is 5.25 Å². The molecule has 0 saturated carbocycles. The molecule has 0 atom stereocenters. The highest BCUT2D eigenvalue weighted by molar-refractivity contribution is 8.00. The Hall–Kier alpha value is -2.00. The van der Waals surface area contributed by atoms with Crippen molar-refractivity contribution in [3.63, 3.8) is 0 Å². The minimum Gasteiger partial charge on any atom is -0.355 e. The first-order valence-electron chi connectivity index (χ1n) is 5.05. The van der Waals surface area contributed by atoms with Crippen molar-refractivity contribution < 1.29 is 9.72 Å². The zero-order valence-corrected chi connectivity index (χ0v) is 11.1. The third-order valence-electron chi connectivity index (χ3n) is 2.07. The topological polar surface area (TPSA) is 72.2 Å². The number of benzene rings is 1. The average Bonchev–Trinajstić information content (AvgIpc) is 2.34. The molecule has 1 N–H and O–H groups in total. The van der Waals surface area contributed by atoms with E-state index in [1.807, 2.05) is 12.5 Å². The van der Waals surface area contributed by atoms with Gasteiger partial charge in [-0.25, -0.2) is 0 Å². The van der Waals surface area contributed by atoms with Gasteiger partial charge in [-0.05, 0) is 18.1 Å². The van der Waals surface area contributed by atoms with Crippen LogP contribution in [0.1, 0.15) is 15.9 Å². The summed E-state index contributed by atoms with van der Waals surface area (Å²) in [7, 11) is 1.36. The van der Waals surface area contributed by atoms with Gasteiger partial charge in [-0.15, -0.1) is 0 Å². The molecule has 0 saturated heterocycles. The van der Waals surface area contributed by atoms with Crippen LogP contribution in [0.2, 0.25) is 0 Å². The van der Waals surface area contributed by atoms with Gasteiger partial charge in [-0.2, -0.15) is 0 Å². The molecule has 0 radical (unpaired) electrons. The van der Waals surface area contributed by atoms with Gasteiger partial charge >= 0.3 is 0 Å². The lowest BCUT2D eigenvalue weighted by molar-refractivity contribution is -0.385. The summed E-state index contributed by atoms with van der Waals surface area (Å²) >= 11 is 0. The van der Waals surface area contributed by atoms with Crippen LogP contribution in [0.4, 0.5) is 5.69 Å². The Morgan fingerprint density at radius 2 is 2.11 bits per heavy atom. The number of carbonyl (C=O) groups excluding carboxylic acids is 1. The fraction of sp³-hybridized carbons (Fsp3) is 0.250. The van der Waals surface area contributed by atoms with E-state index in [0.717, 1.165) is 0 Å². The number of nitro benzene ring substituents is 1. The Morgan fingerprint density at radius 1 is 1.44 bits per heavy atom. The van der Waals surface area contributed by atoms with Crippen molar-refractivity contribution in [2.75, 3.05) is 19.6 Å². The highest BCUT2D eigenvalue weighted by atomic mass is 32.2. The molecule has 0 aliphatic heterocycles. The molecule has 94 valence electrons. The quantitative estimate of drug-likeness (QED) is 0.377. The van der Waals surface area contributed by atoms with Gasteiger partial charge in [0.05, 0.1) is 15.8 Å². The van der Waals surface area contributed by atoms with E-state index in [4.69, 9.17) is 0 Å². The van der Waals surface area contributed by atoms with E-state index in [-0.39, 0.29) is 28.1 Å². The van der Waals surface area contributed by atoms with Crippen LogP contribution in [0.5, 0.6) is 0 Å². The van der Waals surface area contributed by atoms with Crippen molar-refractivity contribution in [2.45, 2.75) is 0 Å². The van der Waals surface area contributed by atoms with Gasteiger partial charge in [0, 0.05) is 18.7 Å². The first kappa shape index (κ1) is 14.1. The van der Waals surface area contributed by atoms with Crippen molar-refractivity contribution in [2.24, 2.45) is 0 Å². The minimum atomic E-state index is -0.528. The zero-order chi connectivity index (χ0) is 13.7. The molecule has 1 amide bonds. The molecular weight excluding hydrogens is 252 g/mol. The summed E-state index contributed by atoms with van der Waals surface area (Å²) in [5.41, 5.74) is 0.435. The van der Waals surface area contributed by atoms with Crippen molar-refractivity contribution >= 4 is 22.5 Å². The molecule has 1 aromatic carbocycles. The van der Waals surface area contributed by atoms with Crippen LogP contribution >= 0.6 is 0 Å². The number of nitrogens with zero attached hydrogens (tertiary/aromatic N) is 1. The lowest BCUT2D eigenvalue weighted by atomic mass is 10.1. The molecule has 1 aromatic rings. The Bertz CT molecular complexity index is 544. The Labute approximate surface area is 108 Å². The van der Waals surface area contributed by atoms with E-state index >= 15 is 0 Å². The second-order valence-electron chi connectivity index (χ2n) is 3.61. The third kappa shape index (κ3) is 3.50. The molecular formula is C12H13N2O3S+. The first-order valence-corrected chi connectivity index (χ1v) is 7.09. The molecule has 5 nitrogen and oxygen atoms in total. The average molecular weight is 265 g/mol. The Kier molecular flexibility index (Phi) is 4.75. The maximum Gasteiger partial charge on any atom is 0.285 e. The fourth-order valence-electron chi connectivity index (χ4n) is 1.23. The highest BCUT2D eigenvalue weighted by Gasteiger charge is 2.16. The van der Waals surface area contributed by atoms with Crippen molar-refractivity contribution in [3.05, 3.63) is 39.4 Å². The second-order valence-corrected chi connectivity index (χ2v) is 5.45. The number of amides is 1. The first-order chi connectivity index (χ1) is 8.45. The van der Waals surface area contributed by atoms with E-state index in [2.05, 4.69) is 16.5 Å². The normalized spacial score (nSPS) is 9.56. The maximum absolute atomic E-state index is 11.4. The van der Waals surface area contributed by atoms with E-state index in [9.17, 15) is 14.9 Å². The van der Waals surface area contributed by atoms with Crippen LogP contribution in [0.15, 0.2) is 18.2 Å². The van der Waals surface area contributed by atoms with E-state index < -0.39 is 4.92 Å².